The van der Waals surface area contributed by atoms with E-state index in [1.165, 1.54) is 0 Å². The highest BCUT2D eigenvalue weighted by molar-refractivity contribution is 6.33. The molecule has 0 aliphatic rings. The Hall–Kier alpha value is -2.78. The van der Waals surface area contributed by atoms with Crippen LogP contribution in [-0.2, 0) is 0 Å². The van der Waals surface area contributed by atoms with E-state index in [0.717, 1.165) is 11.3 Å². The molecule has 0 saturated carbocycles. The van der Waals surface area contributed by atoms with Crippen molar-refractivity contribution in [2.24, 2.45) is 0 Å². The highest BCUT2D eigenvalue weighted by atomic mass is 35.5. The number of benzene rings is 2. The second-order valence-electron chi connectivity index (χ2n) is 5.27. The molecular weight excluding hydrogens is 322 g/mol. The molecule has 0 atom stereocenters. The second kappa shape index (κ2) is 7.20. The van der Waals surface area contributed by atoms with Gasteiger partial charge in [0.1, 0.15) is 10.8 Å². The van der Waals surface area contributed by atoms with Crippen LogP contribution in [0.2, 0.25) is 5.02 Å². The Labute approximate surface area is 145 Å². The first-order valence-corrected chi connectivity index (χ1v) is 7.88. The quantitative estimate of drug-likeness (QED) is 0.653. The minimum Gasteiger partial charge on any atom is -0.422 e. The van der Waals surface area contributed by atoms with E-state index in [1.807, 2.05) is 78.7 Å². The summed E-state index contributed by atoms with van der Waals surface area (Å²) in [6.45, 7) is 0. The van der Waals surface area contributed by atoms with Crippen molar-refractivity contribution in [2.45, 2.75) is 0 Å². The molecular formula is C20H16ClNO2. The van der Waals surface area contributed by atoms with Crippen LogP contribution in [0.25, 0.3) is 12.2 Å². The van der Waals surface area contributed by atoms with Gasteiger partial charge in [-0.05, 0) is 23.8 Å². The van der Waals surface area contributed by atoms with Crippen molar-refractivity contribution >= 4 is 35.1 Å². The zero-order valence-electron chi connectivity index (χ0n) is 13.1. The van der Waals surface area contributed by atoms with Crippen LogP contribution in [0, 0.1) is 0 Å². The Morgan fingerprint density at radius 2 is 1.58 bits per heavy atom. The van der Waals surface area contributed by atoms with Gasteiger partial charge in [-0.25, -0.2) is 4.79 Å². The zero-order chi connectivity index (χ0) is 16.9. The summed E-state index contributed by atoms with van der Waals surface area (Å²) in [5, 5.41) is 0.0678. The molecule has 0 unspecified atom stereocenters. The Kier molecular flexibility index (Phi) is 4.82. The molecule has 1 heterocycles. The highest BCUT2D eigenvalue weighted by Gasteiger charge is 2.13. The standard InChI is InChI=1S/C20H16ClNO2/c1-22(16-10-6-3-7-11-16)18-14-17(24-20(23)19(18)21)13-12-15-8-4-2-5-9-15/h2-14H,1H3/b13-12+. The summed E-state index contributed by atoms with van der Waals surface area (Å²) in [4.78, 5) is 13.9. The van der Waals surface area contributed by atoms with Crippen molar-refractivity contribution in [1.82, 2.24) is 0 Å². The summed E-state index contributed by atoms with van der Waals surface area (Å²) in [7, 11) is 1.86. The summed E-state index contributed by atoms with van der Waals surface area (Å²) in [5.74, 6) is 0.450. The van der Waals surface area contributed by atoms with Gasteiger partial charge in [-0.2, -0.15) is 0 Å². The van der Waals surface area contributed by atoms with Gasteiger partial charge in [0.05, 0.1) is 5.69 Å². The molecule has 3 aromatic rings. The maximum atomic E-state index is 12.0. The van der Waals surface area contributed by atoms with Crippen LogP contribution >= 0.6 is 11.6 Å². The van der Waals surface area contributed by atoms with Crippen LogP contribution in [0.4, 0.5) is 11.4 Å². The molecule has 0 aliphatic carbocycles. The topological polar surface area (TPSA) is 33.5 Å². The molecule has 0 N–H and O–H groups in total. The summed E-state index contributed by atoms with van der Waals surface area (Å²) < 4.78 is 5.26. The Morgan fingerprint density at radius 3 is 2.25 bits per heavy atom. The highest BCUT2D eigenvalue weighted by Crippen LogP contribution is 2.29. The third kappa shape index (κ3) is 3.58. The maximum Gasteiger partial charge on any atom is 0.357 e. The smallest absolute Gasteiger partial charge is 0.357 e. The number of anilines is 2. The van der Waals surface area contributed by atoms with Crippen molar-refractivity contribution in [3.63, 3.8) is 0 Å². The minimum atomic E-state index is -0.551. The minimum absolute atomic E-state index is 0.0678. The lowest BCUT2D eigenvalue weighted by Crippen LogP contribution is -2.14. The van der Waals surface area contributed by atoms with E-state index >= 15 is 0 Å². The predicted octanol–water partition coefficient (Wildman–Crippen LogP) is 5.23. The van der Waals surface area contributed by atoms with Crippen LogP contribution in [0.5, 0.6) is 0 Å². The monoisotopic (exact) mass is 337 g/mol. The van der Waals surface area contributed by atoms with Crippen LogP contribution < -0.4 is 10.5 Å². The van der Waals surface area contributed by atoms with Gasteiger partial charge in [-0.3, -0.25) is 0 Å². The third-order valence-corrected chi connectivity index (χ3v) is 3.99. The largest absolute Gasteiger partial charge is 0.422 e. The average molecular weight is 338 g/mol. The normalized spacial score (nSPS) is 10.9. The third-order valence-electron chi connectivity index (χ3n) is 3.64. The molecule has 0 aliphatic heterocycles. The lowest BCUT2D eigenvalue weighted by atomic mass is 10.2. The molecule has 0 saturated heterocycles. The molecule has 0 fully saturated rings. The molecule has 2 aromatic carbocycles. The first kappa shape index (κ1) is 16.1. The van der Waals surface area contributed by atoms with E-state index in [9.17, 15) is 4.79 Å². The van der Waals surface area contributed by atoms with Crippen LogP contribution in [0.3, 0.4) is 0 Å². The van der Waals surface area contributed by atoms with Crippen molar-refractivity contribution < 1.29 is 4.42 Å². The van der Waals surface area contributed by atoms with E-state index in [4.69, 9.17) is 16.0 Å². The van der Waals surface area contributed by atoms with E-state index in [0.29, 0.717) is 11.4 Å². The van der Waals surface area contributed by atoms with Crippen LogP contribution in [0.15, 0.2) is 75.9 Å². The molecule has 0 amide bonds. The predicted molar refractivity (Wildman–Crippen MR) is 99.9 cm³/mol. The summed E-state index contributed by atoms with van der Waals surface area (Å²) >= 11 is 6.16. The average Bonchev–Trinajstić information content (AvgIpc) is 2.63. The van der Waals surface area contributed by atoms with Crippen molar-refractivity contribution in [3.8, 4) is 0 Å². The fourth-order valence-electron chi connectivity index (χ4n) is 2.34. The first-order chi connectivity index (χ1) is 11.6. The van der Waals surface area contributed by atoms with E-state index in [2.05, 4.69) is 0 Å². The first-order valence-electron chi connectivity index (χ1n) is 7.51. The SMILES string of the molecule is CN(c1ccccc1)c1cc(/C=C/c2ccccc2)oc(=O)c1Cl. The van der Waals surface area contributed by atoms with Gasteiger partial charge in [0.25, 0.3) is 0 Å². The van der Waals surface area contributed by atoms with Gasteiger partial charge in [0.15, 0.2) is 0 Å². The van der Waals surface area contributed by atoms with Gasteiger partial charge >= 0.3 is 5.63 Å². The fourth-order valence-corrected chi connectivity index (χ4v) is 2.56. The molecule has 3 nitrogen and oxygen atoms in total. The molecule has 0 bridgehead atoms. The molecule has 0 spiro atoms. The van der Waals surface area contributed by atoms with Crippen molar-refractivity contribution in [2.75, 3.05) is 11.9 Å². The Balaban J connectivity index is 1.97. The summed E-state index contributed by atoms with van der Waals surface area (Å²) in [5.41, 5.74) is 2.01. The number of halogens is 1. The van der Waals surface area contributed by atoms with Crippen LogP contribution in [-0.4, -0.2) is 7.05 Å². The number of hydrogen-bond acceptors (Lipinski definition) is 3. The number of para-hydroxylation sites is 1. The Morgan fingerprint density at radius 1 is 0.958 bits per heavy atom. The van der Waals surface area contributed by atoms with Crippen molar-refractivity contribution in [1.29, 1.82) is 0 Å². The number of hydrogen-bond donors (Lipinski definition) is 0. The van der Waals surface area contributed by atoms with Gasteiger partial charge in [-0.15, -0.1) is 0 Å². The summed E-state index contributed by atoms with van der Waals surface area (Å²) in [6.07, 6.45) is 3.65. The summed E-state index contributed by atoms with van der Waals surface area (Å²) in [6, 6.07) is 21.3. The van der Waals surface area contributed by atoms with Crippen molar-refractivity contribution in [3.05, 3.63) is 93.5 Å². The fraction of sp³-hybridized carbons (Fsp3) is 0.0500. The van der Waals surface area contributed by atoms with Crippen LogP contribution in [0.1, 0.15) is 11.3 Å². The second-order valence-corrected chi connectivity index (χ2v) is 5.65. The lowest BCUT2D eigenvalue weighted by molar-refractivity contribution is 0.502. The molecule has 4 heteroatoms. The van der Waals surface area contributed by atoms with E-state index in [1.54, 1.807) is 12.1 Å². The van der Waals surface area contributed by atoms with Gasteiger partial charge < -0.3 is 9.32 Å². The molecule has 0 radical (unpaired) electrons. The van der Waals surface area contributed by atoms with Gasteiger partial charge in [0.2, 0.25) is 0 Å². The molecule has 120 valence electrons. The molecule has 24 heavy (non-hydrogen) atoms. The number of rotatable bonds is 4. The van der Waals surface area contributed by atoms with Gasteiger partial charge in [-0.1, -0.05) is 66.2 Å². The maximum absolute atomic E-state index is 12.0. The van der Waals surface area contributed by atoms with E-state index in [-0.39, 0.29) is 5.02 Å². The van der Waals surface area contributed by atoms with Gasteiger partial charge in [0, 0.05) is 18.8 Å². The lowest BCUT2D eigenvalue weighted by Gasteiger charge is -2.20. The Bertz CT molecular complexity index is 902. The number of nitrogens with zero attached hydrogens (tertiary/aromatic N) is 1. The molecule has 3 rings (SSSR count). The molecule has 1 aromatic heterocycles. The zero-order valence-corrected chi connectivity index (χ0v) is 13.9. The van der Waals surface area contributed by atoms with E-state index < -0.39 is 5.63 Å².